The van der Waals surface area contributed by atoms with Crippen molar-refractivity contribution in [2.24, 2.45) is 5.73 Å². The first-order valence-electron chi connectivity index (χ1n) is 6.46. The third-order valence-corrected chi connectivity index (χ3v) is 3.59. The number of hydrogen-bond donors (Lipinski definition) is 1. The van der Waals surface area contributed by atoms with Crippen molar-refractivity contribution in [1.82, 2.24) is 9.80 Å². The van der Waals surface area contributed by atoms with Crippen LogP contribution in [0.15, 0.2) is 30.3 Å². The number of likely N-dealkylation sites (tertiary alicyclic amines) is 1. The minimum atomic E-state index is 0.682. The van der Waals surface area contributed by atoms with Crippen molar-refractivity contribution in [3.63, 3.8) is 0 Å². The molecule has 0 unspecified atom stereocenters. The Hall–Kier alpha value is -0.900. The van der Waals surface area contributed by atoms with Gasteiger partial charge >= 0.3 is 0 Å². The molecule has 2 rings (SSSR count). The molecule has 2 N–H and O–H groups in total. The van der Waals surface area contributed by atoms with E-state index in [1.807, 2.05) is 0 Å². The third kappa shape index (κ3) is 3.53. The molecule has 1 fully saturated rings. The lowest BCUT2D eigenvalue weighted by Crippen LogP contribution is -2.35. The van der Waals surface area contributed by atoms with Gasteiger partial charge in [0.1, 0.15) is 0 Å². The normalized spacial score (nSPS) is 21.2. The molecular weight excluding hydrogens is 210 g/mol. The Bertz CT molecular complexity index is 325. The summed E-state index contributed by atoms with van der Waals surface area (Å²) in [6, 6.07) is 11.4. The summed E-state index contributed by atoms with van der Waals surface area (Å²) in [7, 11) is 2.23. The van der Waals surface area contributed by atoms with Gasteiger partial charge in [-0.15, -0.1) is 0 Å². The molecule has 0 aromatic heterocycles. The van der Waals surface area contributed by atoms with E-state index in [-0.39, 0.29) is 0 Å². The third-order valence-electron chi connectivity index (χ3n) is 3.59. The van der Waals surface area contributed by atoms with E-state index in [1.54, 1.807) is 0 Å². The lowest BCUT2D eigenvalue weighted by atomic mass is 10.1. The number of rotatable bonds is 5. The zero-order valence-electron chi connectivity index (χ0n) is 10.7. The molecular formula is C14H23N3. The second-order valence-corrected chi connectivity index (χ2v) is 4.93. The molecule has 0 saturated carbocycles. The first-order chi connectivity index (χ1) is 8.29. The minimum Gasteiger partial charge on any atom is -0.329 e. The molecule has 1 aliphatic heterocycles. The van der Waals surface area contributed by atoms with Crippen LogP contribution < -0.4 is 5.73 Å². The maximum atomic E-state index is 5.60. The fraction of sp³-hybridized carbons (Fsp3) is 0.571. The molecule has 17 heavy (non-hydrogen) atoms. The standard InChI is InChI=1S/C14H23N3/c1-16(11-13-5-3-2-4-6-13)14-7-9-17(12-14)10-8-15/h2-6,14H,7-12,15H2,1H3/t14-/m0/s1. The second kappa shape index (κ2) is 6.15. The first-order valence-corrected chi connectivity index (χ1v) is 6.46. The molecule has 1 aliphatic rings. The van der Waals surface area contributed by atoms with Crippen LogP contribution in [0.25, 0.3) is 0 Å². The molecule has 0 bridgehead atoms. The van der Waals surface area contributed by atoms with Crippen LogP contribution in [0.4, 0.5) is 0 Å². The summed E-state index contributed by atoms with van der Waals surface area (Å²) >= 11 is 0. The number of nitrogens with zero attached hydrogens (tertiary/aromatic N) is 2. The minimum absolute atomic E-state index is 0.682. The Kier molecular flexibility index (Phi) is 4.54. The van der Waals surface area contributed by atoms with Crippen LogP contribution in [0.2, 0.25) is 0 Å². The van der Waals surface area contributed by atoms with Crippen LogP contribution in [0.5, 0.6) is 0 Å². The molecule has 0 aliphatic carbocycles. The summed E-state index contributed by atoms with van der Waals surface area (Å²) in [5, 5.41) is 0. The maximum absolute atomic E-state index is 5.60. The Morgan fingerprint density at radius 2 is 2.12 bits per heavy atom. The Morgan fingerprint density at radius 1 is 1.35 bits per heavy atom. The van der Waals surface area contributed by atoms with Gasteiger partial charge in [-0.2, -0.15) is 0 Å². The predicted octanol–water partition coefficient (Wildman–Crippen LogP) is 1.15. The van der Waals surface area contributed by atoms with Crippen molar-refractivity contribution in [3.8, 4) is 0 Å². The van der Waals surface area contributed by atoms with Crippen molar-refractivity contribution in [3.05, 3.63) is 35.9 Å². The van der Waals surface area contributed by atoms with Gasteiger partial charge in [0.15, 0.2) is 0 Å². The van der Waals surface area contributed by atoms with E-state index < -0.39 is 0 Å². The number of nitrogens with two attached hydrogens (primary N) is 1. The molecule has 1 heterocycles. The number of likely N-dealkylation sites (N-methyl/N-ethyl adjacent to an activating group) is 1. The van der Waals surface area contributed by atoms with Gasteiger partial charge in [-0.25, -0.2) is 0 Å². The van der Waals surface area contributed by atoms with Crippen molar-refractivity contribution in [2.45, 2.75) is 19.0 Å². The van der Waals surface area contributed by atoms with Crippen LogP contribution >= 0.6 is 0 Å². The van der Waals surface area contributed by atoms with Crippen molar-refractivity contribution in [2.75, 3.05) is 33.2 Å². The van der Waals surface area contributed by atoms with Gasteiger partial charge in [0, 0.05) is 32.2 Å². The highest BCUT2D eigenvalue weighted by molar-refractivity contribution is 5.14. The van der Waals surface area contributed by atoms with E-state index in [0.717, 1.165) is 19.6 Å². The fourth-order valence-electron chi connectivity index (χ4n) is 2.56. The van der Waals surface area contributed by atoms with Gasteiger partial charge in [-0.3, -0.25) is 4.90 Å². The second-order valence-electron chi connectivity index (χ2n) is 4.93. The molecule has 1 aromatic rings. The quantitative estimate of drug-likeness (QED) is 0.828. The van der Waals surface area contributed by atoms with Gasteiger partial charge in [0.2, 0.25) is 0 Å². The highest BCUT2D eigenvalue weighted by Gasteiger charge is 2.24. The average Bonchev–Trinajstić information content (AvgIpc) is 2.79. The van der Waals surface area contributed by atoms with Crippen LogP contribution in [0, 0.1) is 0 Å². The smallest absolute Gasteiger partial charge is 0.0235 e. The summed E-state index contributed by atoms with van der Waals surface area (Å²) in [6.07, 6.45) is 1.27. The van der Waals surface area contributed by atoms with E-state index in [0.29, 0.717) is 6.04 Å². The SMILES string of the molecule is CN(Cc1ccccc1)[C@H]1CCN(CCN)C1. The van der Waals surface area contributed by atoms with Gasteiger partial charge < -0.3 is 10.6 Å². The maximum Gasteiger partial charge on any atom is 0.0235 e. The van der Waals surface area contributed by atoms with Gasteiger partial charge in [-0.1, -0.05) is 30.3 Å². The Labute approximate surface area is 104 Å². The summed E-state index contributed by atoms with van der Waals surface area (Å²) in [5.41, 5.74) is 6.99. The van der Waals surface area contributed by atoms with Crippen LogP contribution in [0.3, 0.4) is 0 Å². The van der Waals surface area contributed by atoms with Crippen LogP contribution in [0.1, 0.15) is 12.0 Å². The van der Waals surface area contributed by atoms with Gasteiger partial charge in [0.25, 0.3) is 0 Å². The Balaban J connectivity index is 1.83. The van der Waals surface area contributed by atoms with Crippen LogP contribution in [-0.4, -0.2) is 49.1 Å². The largest absolute Gasteiger partial charge is 0.329 e. The van der Waals surface area contributed by atoms with E-state index in [9.17, 15) is 0 Å². The van der Waals surface area contributed by atoms with E-state index in [4.69, 9.17) is 5.73 Å². The molecule has 94 valence electrons. The van der Waals surface area contributed by atoms with Crippen molar-refractivity contribution in [1.29, 1.82) is 0 Å². The van der Waals surface area contributed by atoms with Crippen LogP contribution in [-0.2, 0) is 6.54 Å². The monoisotopic (exact) mass is 233 g/mol. The molecule has 1 atom stereocenters. The summed E-state index contributed by atoms with van der Waals surface area (Å²) in [4.78, 5) is 4.93. The van der Waals surface area contributed by atoms with Gasteiger partial charge in [-0.05, 0) is 25.6 Å². The summed E-state index contributed by atoms with van der Waals surface area (Å²) in [6.45, 7) is 5.22. The number of benzene rings is 1. The average molecular weight is 233 g/mol. The molecule has 0 amide bonds. The zero-order chi connectivity index (χ0) is 12.1. The molecule has 3 nitrogen and oxygen atoms in total. The summed E-state index contributed by atoms with van der Waals surface area (Å²) < 4.78 is 0. The molecule has 1 saturated heterocycles. The highest BCUT2D eigenvalue weighted by Crippen LogP contribution is 2.16. The summed E-state index contributed by atoms with van der Waals surface area (Å²) in [5.74, 6) is 0. The molecule has 1 aromatic carbocycles. The topological polar surface area (TPSA) is 32.5 Å². The lowest BCUT2D eigenvalue weighted by Gasteiger charge is -2.24. The van der Waals surface area contributed by atoms with E-state index >= 15 is 0 Å². The zero-order valence-corrected chi connectivity index (χ0v) is 10.7. The highest BCUT2D eigenvalue weighted by atomic mass is 15.2. The van der Waals surface area contributed by atoms with E-state index in [2.05, 4.69) is 47.2 Å². The van der Waals surface area contributed by atoms with Crippen molar-refractivity contribution >= 4 is 0 Å². The molecule has 0 spiro atoms. The van der Waals surface area contributed by atoms with Gasteiger partial charge in [0.05, 0.1) is 0 Å². The molecule has 0 radical (unpaired) electrons. The Morgan fingerprint density at radius 3 is 2.82 bits per heavy atom. The first kappa shape index (κ1) is 12.6. The fourth-order valence-corrected chi connectivity index (χ4v) is 2.56. The predicted molar refractivity (Wildman–Crippen MR) is 71.8 cm³/mol. The number of hydrogen-bond acceptors (Lipinski definition) is 3. The van der Waals surface area contributed by atoms with Crippen molar-refractivity contribution < 1.29 is 0 Å². The molecule has 3 heteroatoms. The lowest BCUT2D eigenvalue weighted by molar-refractivity contribution is 0.226. The van der Waals surface area contributed by atoms with E-state index in [1.165, 1.54) is 25.1 Å².